The van der Waals surface area contributed by atoms with Crippen LogP contribution >= 0.6 is 0 Å². The lowest BCUT2D eigenvalue weighted by molar-refractivity contribution is -0.385. The van der Waals surface area contributed by atoms with E-state index in [0.717, 1.165) is 6.07 Å². The van der Waals surface area contributed by atoms with E-state index in [1.807, 2.05) is 0 Å². The molecule has 0 saturated heterocycles. The molecule has 0 saturated carbocycles. The second kappa shape index (κ2) is 7.51. The van der Waals surface area contributed by atoms with Gasteiger partial charge in [-0.05, 0) is 6.92 Å². The Labute approximate surface area is 136 Å². The first-order valence-electron chi connectivity index (χ1n) is 6.96. The molecular formula is C14H16N4O6. The normalized spacial score (nSPS) is 10.5. The molecule has 0 amide bonds. The maximum Gasteiger partial charge on any atom is 0.284 e. The summed E-state index contributed by atoms with van der Waals surface area (Å²) in [6.07, 6.45) is 1.58. The number of aliphatic hydroxyl groups excluding tert-OH is 1. The van der Waals surface area contributed by atoms with Gasteiger partial charge in [0.1, 0.15) is 12.3 Å². The highest BCUT2D eigenvalue weighted by atomic mass is 16.6. The van der Waals surface area contributed by atoms with Crippen molar-refractivity contribution >= 4 is 11.5 Å². The van der Waals surface area contributed by atoms with Gasteiger partial charge in [-0.2, -0.15) is 0 Å². The minimum Gasteiger partial charge on any atom is -0.493 e. The van der Waals surface area contributed by atoms with Crippen LogP contribution in [-0.4, -0.2) is 44.5 Å². The molecule has 2 aromatic rings. The largest absolute Gasteiger partial charge is 0.493 e. The third kappa shape index (κ3) is 3.84. The maximum absolute atomic E-state index is 11.6. The summed E-state index contributed by atoms with van der Waals surface area (Å²) in [4.78, 5) is 22.0. The molecule has 1 aromatic carbocycles. The molecule has 0 radical (unpaired) electrons. The smallest absolute Gasteiger partial charge is 0.284 e. The minimum absolute atomic E-state index is 0.00163. The summed E-state index contributed by atoms with van der Waals surface area (Å²) in [7, 11) is 1.37. The van der Waals surface area contributed by atoms with Gasteiger partial charge in [0.2, 0.25) is 0 Å². The van der Waals surface area contributed by atoms with Gasteiger partial charge in [-0.15, -0.1) is 5.10 Å². The van der Waals surface area contributed by atoms with Crippen LogP contribution in [0, 0.1) is 10.1 Å². The third-order valence-corrected chi connectivity index (χ3v) is 3.15. The zero-order valence-corrected chi connectivity index (χ0v) is 13.1. The number of Topliss-reactive ketones (excluding diaryl/α,β-unsaturated/α-hetero) is 1. The number of aliphatic hydroxyl groups is 1. The number of aromatic nitrogens is 3. The molecule has 1 aromatic heterocycles. The van der Waals surface area contributed by atoms with Crippen LogP contribution in [0.25, 0.3) is 0 Å². The van der Waals surface area contributed by atoms with Crippen molar-refractivity contribution in [3.63, 3.8) is 0 Å². The molecule has 128 valence electrons. The standard InChI is InChI=1S/C14H16N4O6/c1-9(20)11-5-13(23-2)14(6-12(11)18(21)22)24-8-10-7-17(3-4-19)16-15-10/h5-7,19H,3-4,8H2,1-2H3. The Bertz CT molecular complexity index is 758. The van der Waals surface area contributed by atoms with Crippen LogP contribution in [-0.2, 0) is 13.2 Å². The molecule has 10 heteroatoms. The first-order valence-corrected chi connectivity index (χ1v) is 6.96. The first-order chi connectivity index (χ1) is 11.5. The van der Waals surface area contributed by atoms with Gasteiger partial charge in [-0.1, -0.05) is 5.21 Å². The Balaban J connectivity index is 2.26. The van der Waals surface area contributed by atoms with Crippen LogP contribution in [0.2, 0.25) is 0 Å². The van der Waals surface area contributed by atoms with Crippen molar-refractivity contribution in [1.29, 1.82) is 0 Å². The lowest BCUT2D eigenvalue weighted by Gasteiger charge is -2.11. The van der Waals surface area contributed by atoms with Crippen molar-refractivity contribution in [3.05, 3.63) is 39.7 Å². The second-order valence-corrected chi connectivity index (χ2v) is 4.82. The summed E-state index contributed by atoms with van der Waals surface area (Å²) in [6.45, 7) is 1.46. The van der Waals surface area contributed by atoms with Crippen LogP contribution in [0.3, 0.4) is 0 Å². The van der Waals surface area contributed by atoms with E-state index in [1.165, 1.54) is 24.8 Å². The summed E-state index contributed by atoms with van der Waals surface area (Å²) < 4.78 is 12.1. The molecule has 0 aliphatic rings. The van der Waals surface area contributed by atoms with Crippen molar-refractivity contribution in [2.75, 3.05) is 13.7 Å². The quantitative estimate of drug-likeness (QED) is 0.429. The number of methoxy groups -OCH3 is 1. The van der Waals surface area contributed by atoms with Gasteiger partial charge >= 0.3 is 0 Å². The Morgan fingerprint density at radius 2 is 2.17 bits per heavy atom. The van der Waals surface area contributed by atoms with Crippen LogP contribution in [0.4, 0.5) is 5.69 Å². The summed E-state index contributed by atoms with van der Waals surface area (Å²) in [5, 5.41) is 27.6. The monoisotopic (exact) mass is 336 g/mol. The van der Waals surface area contributed by atoms with Crippen LogP contribution in [0.15, 0.2) is 18.3 Å². The van der Waals surface area contributed by atoms with E-state index in [0.29, 0.717) is 12.2 Å². The summed E-state index contributed by atoms with van der Waals surface area (Å²) >= 11 is 0. The number of rotatable bonds is 8. The molecule has 2 rings (SSSR count). The van der Waals surface area contributed by atoms with Gasteiger partial charge in [-0.3, -0.25) is 14.9 Å². The molecular weight excluding hydrogens is 320 g/mol. The van der Waals surface area contributed by atoms with E-state index in [9.17, 15) is 14.9 Å². The first kappa shape index (κ1) is 17.3. The van der Waals surface area contributed by atoms with Crippen molar-refractivity contribution in [1.82, 2.24) is 15.0 Å². The lowest BCUT2D eigenvalue weighted by atomic mass is 10.1. The average Bonchev–Trinajstić information content (AvgIpc) is 2.99. The van der Waals surface area contributed by atoms with E-state index >= 15 is 0 Å². The van der Waals surface area contributed by atoms with Gasteiger partial charge in [0.15, 0.2) is 17.3 Å². The molecule has 0 spiro atoms. The van der Waals surface area contributed by atoms with Crippen molar-refractivity contribution < 1.29 is 24.3 Å². The van der Waals surface area contributed by atoms with Gasteiger partial charge in [0.05, 0.1) is 43.0 Å². The highest BCUT2D eigenvalue weighted by Gasteiger charge is 2.22. The molecule has 1 heterocycles. The fourth-order valence-corrected chi connectivity index (χ4v) is 2.02. The number of benzene rings is 1. The molecule has 0 bridgehead atoms. The predicted molar refractivity (Wildman–Crippen MR) is 81.1 cm³/mol. The van der Waals surface area contributed by atoms with Crippen LogP contribution in [0.5, 0.6) is 11.5 Å². The number of nitro benzene ring substituents is 1. The molecule has 1 N–H and O–H groups in total. The fraction of sp³-hybridized carbons (Fsp3) is 0.357. The number of carbonyl (C=O) groups is 1. The third-order valence-electron chi connectivity index (χ3n) is 3.15. The Morgan fingerprint density at radius 1 is 1.42 bits per heavy atom. The number of hydrogen-bond donors (Lipinski definition) is 1. The number of hydrogen-bond acceptors (Lipinski definition) is 8. The molecule has 0 unspecified atom stereocenters. The van der Waals surface area contributed by atoms with Gasteiger partial charge < -0.3 is 14.6 Å². The summed E-state index contributed by atoms with van der Waals surface area (Å²) in [6, 6.07) is 2.42. The number of nitro groups is 1. The highest BCUT2D eigenvalue weighted by molar-refractivity contribution is 5.98. The van der Waals surface area contributed by atoms with Crippen LogP contribution < -0.4 is 9.47 Å². The van der Waals surface area contributed by atoms with E-state index in [1.54, 1.807) is 6.20 Å². The Kier molecular flexibility index (Phi) is 5.42. The van der Waals surface area contributed by atoms with Gasteiger partial charge in [0.25, 0.3) is 5.69 Å². The number of ether oxygens (including phenoxy) is 2. The molecule has 0 aliphatic heterocycles. The molecule has 0 atom stereocenters. The van der Waals surface area contributed by atoms with Crippen molar-refractivity contribution in [2.24, 2.45) is 0 Å². The number of ketones is 1. The number of nitrogens with zero attached hydrogens (tertiary/aromatic N) is 4. The van der Waals surface area contributed by atoms with E-state index < -0.39 is 10.7 Å². The molecule has 10 nitrogen and oxygen atoms in total. The van der Waals surface area contributed by atoms with Gasteiger partial charge in [0, 0.05) is 6.07 Å². The zero-order valence-electron chi connectivity index (χ0n) is 13.1. The number of carbonyl (C=O) groups excluding carboxylic acids is 1. The molecule has 24 heavy (non-hydrogen) atoms. The van der Waals surface area contributed by atoms with Crippen molar-refractivity contribution in [2.45, 2.75) is 20.1 Å². The summed E-state index contributed by atoms with van der Waals surface area (Å²) in [5.74, 6) is -0.127. The maximum atomic E-state index is 11.6. The molecule has 0 fully saturated rings. The van der Waals surface area contributed by atoms with Gasteiger partial charge in [-0.25, -0.2) is 4.68 Å². The van der Waals surface area contributed by atoms with E-state index in [-0.39, 0.29) is 36.0 Å². The average molecular weight is 336 g/mol. The van der Waals surface area contributed by atoms with Crippen LogP contribution in [0.1, 0.15) is 23.0 Å². The fourth-order valence-electron chi connectivity index (χ4n) is 2.02. The lowest BCUT2D eigenvalue weighted by Crippen LogP contribution is -2.04. The van der Waals surface area contributed by atoms with E-state index in [4.69, 9.17) is 14.6 Å². The topological polar surface area (TPSA) is 130 Å². The van der Waals surface area contributed by atoms with E-state index in [2.05, 4.69) is 10.3 Å². The minimum atomic E-state index is -0.652. The Morgan fingerprint density at radius 3 is 2.75 bits per heavy atom. The summed E-state index contributed by atoms with van der Waals surface area (Å²) in [5.41, 5.74) is 0.0594. The second-order valence-electron chi connectivity index (χ2n) is 4.82. The Hall–Kier alpha value is -3.01. The zero-order chi connectivity index (χ0) is 17.7. The molecule has 0 aliphatic carbocycles. The van der Waals surface area contributed by atoms with Crippen molar-refractivity contribution in [3.8, 4) is 11.5 Å². The predicted octanol–water partition coefficient (Wildman–Crippen LogP) is 0.969. The SMILES string of the molecule is COc1cc(C(C)=O)c([N+](=O)[O-])cc1OCc1cn(CCO)nn1. The highest BCUT2D eigenvalue weighted by Crippen LogP contribution is 2.35.